The number of rotatable bonds is 4. The van der Waals surface area contributed by atoms with Crippen LogP contribution in [0.2, 0.25) is 0 Å². The summed E-state index contributed by atoms with van der Waals surface area (Å²) in [6.07, 6.45) is -3.31. The Morgan fingerprint density at radius 3 is 2.50 bits per heavy atom. The van der Waals surface area contributed by atoms with E-state index in [9.17, 15) is 28.2 Å². The number of carbonyl (C=O) groups is 1. The molecule has 2 atom stereocenters. The summed E-state index contributed by atoms with van der Waals surface area (Å²) in [5, 5.41) is 18.8. The summed E-state index contributed by atoms with van der Waals surface area (Å²) in [6.45, 7) is 1.26. The number of carbonyl (C=O) groups excluding carboxylic acids is 1. The van der Waals surface area contributed by atoms with E-state index >= 15 is 0 Å². The first-order valence-corrected chi connectivity index (χ1v) is 5.95. The zero-order valence-corrected chi connectivity index (χ0v) is 10.2. The first kappa shape index (κ1) is 15.0. The van der Waals surface area contributed by atoms with Crippen molar-refractivity contribution in [2.45, 2.75) is 19.1 Å². The normalized spacial score (nSPS) is 14.3. The number of aliphatic hydroxyl groups excluding tert-OH is 2. The molecule has 0 spiro atoms. The molecule has 100 valence electrons. The largest absolute Gasteiger partial charge is 0.389 e. The van der Waals surface area contributed by atoms with Gasteiger partial charge >= 0.3 is 0 Å². The summed E-state index contributed by atoms with van der Waals surface area (Å²) in [5.41, 5.74) is -0.677. The van der Waals surface area contributed by atoms with Crippen LogP contribution in [-0.4, -0.2) is 27.2 Å². The van der Waals surface area contributed by atoms with Crippen LogP contribution in [-0.2, 0) is 4.79 Å². The molecule has 1 aromatic rings. The van der Waals surface area contributed by atoms with Gasteiger partial charge in [0, 0.05) is 24.3 Å². The van der Waals surface area contributed by atoms with Crippen LogP contribution in [0.15, 0.2) is 12.1 Å². The summed E-state index contributed by atoms with van der Waals surface area (Å²) in [5.74, 6) is -4.13. The Morgan fingerprint density at radius 2 is 1.94 bits per heavy atom. The van der Waals surface area contributed by atoms with E-state index in [1.54, 1.807) is 0 Å². The molecule has 0 fully saturated rings. The SMILES string of the molecule is CC(=O)SCC(O)C(O)c1cc(F)cc(F)c1F. The molecule has 0 aromatic heterocycles. The predicted molar refractivity (Wildman–Crippen MR) is 60.4 cm³/mol. The Kier molecular flexibility index (Phi) is 5.18. The van der Waals surface area contributed by atoms with Crippen molar-refractivity contribution in [3.05, 3.63) is 35.1 Å². The number of thioether (sulfide) groups is 1. The monoisotopic (exact) mass is 280 g/mol. The fraction of sp³-hybridized carbons (Fsp3) is 0.364. The van der Waals surface area contributed by atoms with Crippen LogP contribution >= 0.6 is 11.8 Å². The highest BCUT2D eigenvalue weighted by atomic mass is 32.2. The Hall–Kier alpha value is -1.05. The van der Waals surface area contributed by atoms with E-state index in [-0.39, 0.29) is 10.9 Å². The Morgan fingerprint density at radius 1 is 1.33 bits per heavy atom. The first-order chi connectivity index (χ1) is 8.32. The van der Waals surface area contributed by atoms with Crippen LogP contribution in [0.3, 0.4) is 0 Å². The lowest BCUT2D eigenvalue weighted by Crippen LogP contribution is -2.23. The number of hydrogen-bond acceptors (Lipinski definition) is 4. The minimum absolute atomic E-state index is 0.200. The number of halogens is 3. The Bertz CT molecular complexity index is 453. The second-order valence-corrected chi connectivity index (χ2v) is 4.80. The minimum atomic E-state index is -1.80. The highest BCUT2D eigenvalue weighted by molar-refractivity contribution is 8.13. The van der Waals surface area contributed by atoms with Gasteiger partial charge in [0.05, 0.1) is 6.10 Å². The second-order valence-electron chi connectivity index (χ2n) is 3.61. The molecule has 1 rings (SSSR count). The molecule has 0 amide bonds. The molecule has 0 radical (unpaired) electrons. The molecule has 7 heteroatoms. The standard InChI is InChI=1S/C11H11F3O3S/c1-5(15)18-4-9(16)11(17)7-2-6(12)3-8(13)10(7)14/h2-3,9,11,16-17H,4H2,1H3. The average molecular weight is 280 g/mol. The van der Waals surface area contributed by atoms with Crippen LogP contribution in [0.5, 0.6) is 0 Å². The van der Waals surface area contributed by atoms with Crippen molar-refractivity contribution in [3.63, 3.8) is 0 Å². The van der Waals surface area contributed by atoms with Gasteiger partial charge in [0.2, 0.25) is 0 Å². The molecule has 2 N–H and O–H groups in total. The van der Waals surface area contributed by atoms with Gasteiger partial charge < -0.3 is 10.2 Å². The van der Waals surface area contributed by atoms with E-state index in [4.69, 9.17) is 0 Å². The van der Waals surface area contributed by atoms with E-state index in [0.29, 0.717) is 12.1 Å². The van der Waals surface area contributed by atoms with E-state index in [0.717, 1.165) is 11.8 Å². The molecular formula is C11H11F3O3S. The van der Waals surface area contributed by atoms with Crippen LogP contribution < -0.4 is 0 Å². The van der Waals surface area contributed by atoms with Crippen molar-refractivity contribution in [2.75, 3.05) is 5.75 Å². The van der Waals surface area contributed by atoms with Crippen LogP contribution in [0, 0.1) is 17.5 Å². The zero-order valence-electron chi connectivity index (χ0n) is 9.36. The summed E-state index contributed by atoms with van der Waals surface area (Å²) < 4.78 is 39.1. The number of hydrogen-bond donors (Lipinski definition) is 2. The molecule has 0 saturated heterocycles. The number of benzene rings is 1. The van der Waals surface area contributed by atoms with E-state index in [1.165, 1.54) is 6.92 Å². The van der Waals surface area contributed by atoms with Crippen molar-refractivity contribution in [3.8, 4) is 0 Å². The van der Waals surface area contributed by atoms with Gasteiger partial charge in [0.15, 0.2) is 16.7 Å². The van der Waals surface area contributed by atoms with Crippen molar-refractivity contribution in [2.24, 2.45) is 0 Å². The maximum Gasteiger partial charge on any atom is 0.185 e. The topological polar surface area (TPSA) is 57.5 Å². The highest BCUT2D eigenvalue weighted by Gasteiger charge is 2.24. The van der Waals surface area contributed by atoms with Crippen LogP contribution in [0.4, 0.5) is 13.2 Å². The molecule has 0 saturated carbocycles. The molecule has 0 aliphatic carbocycles. The first-order valence-electron chi connectivity index (χ1n) is 4.97. The summed E-state index contributed by atoms with van der Waals surface area (Å²) >= 11 is 0.718. The van der Waals surface area contributed by atoms with Gasteiger partial charge in [-0.15, -0.1) is 0 Å². The summed E-state index contributed by atoms with van der Waals surface area (Å²) in [7, 11) is 0. The minimum Gasteiger partial charge on any atom is -0.389 e. The molecule has 1 aromatic carbocycles. The maximum absolute atomic E-state index is 13.3. The molecule has 0 aliphatic rings. The van der Waals surface area contributed by atoms with Gasteiger partial charge in [0.25, 0.3) is 0 Å². The second kappa shape index (κ2) is 6.21. The quantitative estimate of drug-likeness (QED) is 0.825. The molecule has 0 bridgehead atoms. The van der Waals surface area contributed by atoms with Crippen molar-refractivity contribution in [1.29, 1.82) is 0 Å². The Labute approximate surface area is 106 Å². The van der Waals surface area contributed by atoms with E-state index in [2.05, 4.69) is 0 Å². The van der Waals surface area contributed by atoms with Gasteiger partial charge in [0.1, 0.15) is 11.9 Å². The third kappa shape index (κ3) is 3.72. The van der Waals surface area contributed by atoms with Crippen LogP contribution in [0.1, 0.15) is 18.6 Å². The van der Waals surface area contributed by atoms with Gasteiger partial charge in [-0.05, 0) is 6.07 Å². The highest BCUT2D eigenvalue weighted by Crippen LogP contribution is 2.25. The fourth-order valence-corrected chi connectivity index (χ4v) is 1.88. The maximum atomic E-state index is 13.3. The van der Waals surface area contributed by atoms with Crippen molar-refractivity contribution in [1.82, 2.24) is 0 Å². The lowest BCUT2D eigenvalue weighted by molar-refractivity contribution is -0.109. The molecule has 18 heavy (non-hydrogen) atoms. The molecule has 0 aliphatic heterocycles. The third-order valence-electron chi connectivity index (χ3n) is 2.16. The predicted octanol–water partition coefficient (Wildman–Crippen LogP) is 1.78. The lowest BCUT2D eigenvalue weighted by atomic mass is 10.0. The van der Waals surface area contributed by atoms with E-state index in [1.807, 2.05) is 0 Å². The van der Waals surface area contributed by atoms with Gasteiger partial charge in [-0.1, -0.05) is 11.8 Å². The number of aliphatic hydroxyl groups is 2. The van der Waals surface area contributed by atoms with Crippen molar-refractivity contribution >= 4 is 16.9 Å². The lowest BCUT2D eigenvalue weighted by Gasteiger charge is -2.18. The fourth-order valence-electron chi connectivity index (χ4n) is 1.29. The smallest absolute Gasteiger partial charge is 0.185 e. The van der Waals surface area contributed by atoms with Crippen LogP contribution in [0.25, 0.3) is 0 Å². The molecular weight excluding hydrogens is 269 g/mol. The van der Waals surface area contributed by atoms with Gasteiger partial charge in [-0.25, -0.2) is 13.2 Å². The molecule has 0 heterocycles. The molecule has 2 unspecified atom stereocenters. The van der Waals surface area contributed by atoms with Gasteiger partial charge in [-0.2, -0.15) is 0 Å². The average Bonchev–Trinajstić information content (AvgIpc) is 2.29. The zero-order chi connectivity index (χ0) is 13.9. The van der Waals surface area contributed by atoms with E-state index < -0.39 is 35.2 Å². The summed E-state index contributed by atoms with van der Waals surface area (Å²) in [6, 6.07) is 0.937. The summed E-state index contributed by atoms with van der Waals surface area (Å²) in [4.78, 5) is 10.7. The molecule has 3 nitrogen and oxygen atoms in total. The van der Waals surface area contributed by atoms with Crippen molar-refractivity contribution < 1.29 is 28.2 Å². The Balaban J connectivity index is 2.89. The third-order valence-corrected chi connectivity index (χ3v) is 3.08. The van der Waals surface area contributed by atoms with Gasteiger partial charge in [-0.3, -0.25) is 4.79 Å².